The monoisotopic (exact) mass is 420 g/mol. The average Bonchev–Trinajstić information content (AvgIpc) is 2.86. The largest absolute Gasteiger partial charge is 0.471 e. The molecule has 0 aliphatic carbocycles. The summed E-state index contributed by atoms with van der Waals surface area (Å²) in [4.78, 5) is 38.2. The maximum atomic E-state index is 12.2. The van der Waals surface area contributed by atoms with E-state index < -0.39 is 24.5 Å². The highest BCUT2D eigenvalue weighted by Crippen LogP contribution is 2.20. The fourth-order valence-electron chi connectivity index (χ4n) is 2.70. The van der Waals surface area contributed by atoms with Crippen molar-refractivity contribution in [1.29, 1.82) is 0 Å². The quantitative estimate of drug-likeness (QED) is 0.756. The van der Waals surface area contributed by atoms with Crippen LogP contribution in [-0.2, 0) is 14.4 Å². The Kier molecular flexibility index (Phi) is 7.64. The summed E-state index contributed by atoms with van der Waals surface area (Å²) in [6.45, 7) is 0.899. The van der Waals surface area contributed by atoms with Crippen molar-refractivity contribution in [3.05, 3.63) is 29.3 Å². The number of nitrogens with one attached hydrogen (secondary N) is 2. The molecule has 2 N–H and O–H groups in total. The number of carbonyl (C=O) groups is 3. The van der Waals surface area contributed by atoms with Crippen LogP contribution >= 0.6 is 11.6 Å². The highest BCUT2D eigenvalue weighted by atomic mass is 35.5. The molecule has 0 unspecified atom stereocenters. The number of para-hydroxylation sites is 1. The number of anilines is 1. The first-order chi connectivity index (χ1) is 13.2. The number of hydrogen-bond donors (Lipinski definition) is 2. The first-order valence-corrected chi connectivity index (χ1v) is 8.94. The molecule has 0 spiro atoms. The van der Waals surface area contributed by atoms with Crippen molar-refractivity contribution in [3.63, 3.8) is 0 Å². The van der Waals surface area contributed by atoms with E-state index in [1.165, 1.54) is 4.90 Å². The lowest BCUT2D eigenvalue weighted by Gasteiger charge is -2.22. The lowest BCUT2D eigenvalue weighted by molar-refractivity contribution is -0.174. The Morgan fingerprint density at radius 3 is 2.46 bits per heavy atom. The third kappa shape index (κ3) is 6.68. The fraction of sp³-hybridized carbons (Fsp3) is 0.471. The van der Waals surface area contributed by atoms with Gasteiger partial charge >= 0.3 is 12.1 Å². The minimum Gasteiger partial charge on any atom is -0.340 e. The van der Waals surface area contributed by atoms with Gasteiger partial charge in [-0.2, -0.15) is 13.2 Å². The second-order valence-electron chi connectivity index (χ2n) is 6.22. The van der Waals surface area contributed by atoms with Crippen LogP contribution in [0.25, 0.3) is 0 Å². The van der Waals surface area contributed by atoms with Gasteiger partial charge in [0.15, 0.2) is 0 Å². The average molecular weight is 421 g/mol. The Hall–Kier alpha value is -2.33. The van der Waals surface area contributed by atoms with Crippen LogP contribution in [0.5, 0.6) is 0 Å². The van der Waals surface area contributed by atoms with E-state index in [4.69, 9.17) is 11.6 Å². The van der Waals surface area contributed by atoms with Gasteiger partial charge in [-0.05, 0) is 18.6 Å². The summed E-state index contributed by atoms with van der Waals surface area (Å²) in [6.07, 6.45) is -4.47. The van der Waals surface area contributed by atoms with E-state index in [1.54, 1.807) is 29.6 Å². The van der Waals surface area contributed by atoms with Crippen molar-refractivity contribution >= 4 is 35.0 Å². The molecule has 0 aromatic heterocycles. The van der Waals surface area contributed by atoms with Crippen LogP contribution in [0.1, 0.15) is 6.42 Å². The molecule has 1 aromatic rings. The van der Waals surface area contributed by atoms with E-state index in [0.29, 0.717) is 36.8 Å². The van der Waals surface area contributed by atoms with Gasteiger partial charge in [-0.1, -0.05) is 23.7 Å². The third-order valence-electron chi connectivity index (χ3n) is 4.11. The van der Waals surface area contributed by atoms with E-state index in [1.807, 2.05) is 4.90 Å². The van der Waals surface area contributed by atoms with Gasteiger partial charge in [0.25, 0.3) is 0 Å². The van der Waals surface area contributed by atoms with Crippen LogP contribution < -0.4 is 10.6 Å². The molecule has 11 heteroatoms. The topological polar surface area (TPSA) is 81.8 Å². The first kappa shape index (κ1) is 22.0. The lowest BCUT2D eigenvalue weighted by Crippen LogP contribution is -2.45. The smallest absolute Gasteiger partial charge is 0.340 e. The highest BCUT2D eigenvalue weighted by molar-refractivity contribution is 6.33. The molecular weight excluding hydrogens is 401 g/mol. The summed E-state index contributed by atoms with van der Waals surface area (Å²) in [5.74, 6) is -3.00. The SMILES string of the molecule is O=C(CN1CCCN(C(=O)CNC(=O)C(F)(F)F)CC1)Nc1ccccc1Cl. The van der Waals surface area contributed by atoms with Crippen LogP contribution in [0.2, 0.25) is 5.02 Å². The standard InChI is InChI=1S/C17H20ClF3N4O3/c18-12-4-1-2-5-13(12)23-14(26)11-24-6-3-7-25(9-8-24)15(27)10-22-16(28)17(19,20)21/h1-2,4-5H,3,6-11H2,(H,22,28)(H,23,26). The molecule has 0 atom stereocenters. The molecule has 1 aliphatic rings. The Labute approximate surface area is 164 Å². The number of halogens is 4. The summed E-state index contributed by atoms with van der Waals surface area (Å²) >= 11 is 6.00. The molecule has 0 saturated carbocycles. The number of amides is 3. The second-order valence-corrected chi connectivity index (χ2v) is 6.63. The van der Waals surface area contributed by atoms with Crippen LogP contribution in [0, 0.1) is 0 Å². The third-order valence-corrected chi connectivity index (χ3v) is 4.44. The highest BCUT2D eigenvalue weighted by Gasteiger charge is 2.38. The lowest BCUT2D eigenvalue weighted by atomic mass is 10.3. The number of rotatable bonds is 5. The minimum atomic E-state index is -5.02. The van der Waals surface area contributed by atoms with E-state index in [9.17, 15) is 27.6 Å². The summed E-state index contributed by atoms with van der Waals surface area (Å²) in [5.41, 5.74) is 0.501. The van der Waals surface area contributed by atoms with Crippen molar-refractivity contribution in [1.82, 2.24) is 15.1 Å². The van der Waals surface area contributed by atoms with Crippen molar-refractivity contribution in [2.45, 2.75) is 12.6 Å². The number of hydrogen-bond acceptors (Lipinski definition) is 4. The van der Waals surface area contributed by atoms with Gasteiger partial charge in [-0.15, -0.1) is 0 Å². The molecule has 0 radical (unpaired) electrons. The Balaban J connectivity index is 1.79. The van der Waals surface area contributed by atoms with Crippen molar-refractivity contribution in [2.75, 3.05) is 44.6 Å². The van der Waals surface area contributed by atoms with Gasteiger partial charge in [0.1, 0.15) is 0 Å². The van der Waals surface area contributed by atoms with Crippen LogP contribution in [0.3, 0.4) is 0 Å². The van der Waals surface area contributed by atoms with Gasteiger partial charge in [-0.3, -0.25) is 19.3 Å². The molecule has 0 bridgehead atoms. The molecule has 154 valence electrons. The predicted octanol–water partition coefficient (Wildman–Crippen LogP) is 1.49. The van der Waals surface area contributed by atoms with Crippen molar-refractivity contribution in [3.8, 4) is 0 Å². The number of carbonyl (C=O) groups excluding carboxylic acids is 3. The number of nitrogens with zero attached hydrogens (tertiary/aromatic N) is 2. The summed E-state index contributed by atoms with van der Waals surface area (Å²) in [7, 11) is 0. The zero-order valence-electron chi connectivity index (χ0n) is 14.9. The zero-order valence-corrected chi connectivity index (χ0v) is 15.6. The zero-order chi connectivity index (χ0) is 20.7. The van der Waals surface area contributed by atoms with E-state index in [-0.39, 0.29) is 19.0 Å². The fourth-order valence-corrected chi connectivity index (χ4v) is 2.88. The molecule has 1 fully saturated rings. The molecule has 3 amide bonds. The van der Waals surface area contributed by atoms with Crippen LogP contribution in [0.4, 0.5) is 18.9 Å². The molecule has 1 aromatic carbocycles. The number of benzene rings is 1. The summed E-state index contributed by atoms with van der Waals surface area (Å²) in [5, 5.41) is 4.70. The number of alkyl halides is 3. The molecule has 7 nitrogen and oxygen atoms in total. The molecule has 28 heavy (non-hydrogen) atoms. The van der Waals surface area contributed by atoms with E-state index in [2.05, 4.69) is 5.32 Å². The Morgan fingerprint density at radius 2 is 1.79 bits per heavy atom. The van der Waals surface area contributed by atoms with Crippen molar-refractivity contribution < 1.29 is 27.6 Å². The molecular formula is C17H20ClF3N4O3. The molecule has 1 heterocycles. The van der Waals surface area contributed by atoms with Gasteiger partial charge in [0.2, 0.25) is 11.8 Å². The van der Waals surface area contributed by atoms with Crippen LogP contribution in [0.15, 0.2) is 24.3 Å². The first-order valence-electron chi connectivity index (χ1n) is 8.56. The van der Waals surface area contributed by atoms with Gasteiger partial charge < -0.3 is 15.5 Å². The van der Waals surface area contributed by atoms with Crippen LogP contribution in [-0.4, -0.2) is 73.0 Å². The van der Waals surface area contributed by atoms with Gasteiger partial charge in [0.05, 0.1) is 23.8 Å². The Bertz CT molecular complexity index is 730. The maximum absolute atomic E-state index is 12.2. The van der Waals surface area contributed by atoms with Crippen molar-refractivity contribution in [2.24, 2.45) is 0 Å². The normalized spacial score (nSPS) is 15.6. The van der Waals surface area contributed by atoms with Gasteiger partial charge in [0, 0.05) is 26.2 Å². The second kappa shape index (κ2) is 9.74. The summed E-state index contributed by atoms with van der Waals surface area (Å²) < 4.78 is 36.5. The summed E-state index contributed by atoms with van der Waals surface area (Å²) in [6, 6.07) is 6.83. The maximum Gasteiger partial charge on any atom is 0.471 e. The molecule has 1 aliphatic heterocycles. The minimum absolute atomic E-state index is 0.0953. The van der Waals surface area contributed by atoms with E-state index in [0.717, 1.165) is 0 Å². The Morgan fingerprint density at radius 1 is 1.07 bits per heavy atom. The predicted molar refractivity (Wildman–Crippen MR) is 96.8 cm³/mol. The van der Waals surface area contributed by atoms with Gasteiger partial charge in [-0.25, -0.2) is 0 Å². The van der Waals surface area contributed by atoms with E-state index >= 15 is 0 Å². The molecule has 2 rings (SSSR count). The molecule has 1 saturated heterocycles.